The molecule has 0 bridgehead atoms. The Morgan fingerprint density at radius 2 is 2.30 bits per heavy atom. The van der Waals surface area contributed by atoms with Gasteiger partial charge in [-0.05, 0) is 27.6 Å². The van der Waals surface area contributed by atoms with Gasteiger partial charge in [-0.15, -0.1) is 0 Å². The molecule has 1 fully saturated rings. The van der Waals surface area contributed by atoms with Gasteiger partial charge in [0, 0.05) is 19.6 Å². The molecule has 1 unspecified atom stereocenters. The summed E-state index contributed by atoms with van der Waals surface area (Å²) >= 11 is 3.17. The van der Waals surface area contributed by atoms with Crippen LogP contribution in [0.15, 0.2) is 22.7 Å². The Morgan fingerprint density at radius 3 is 3.00 bits per heavy atom. The molecule has 1 saturated heterocycles. The third-order valence-electron chi connectivity index (χ3n) is 3.21. The van der Waals surface area contributed by atoms with Crippen LogP contribution in [0, 0.1) is 5.82 Å². The first-order valence-electron chi connectivity index (χ1n) is 6.15. The van der Waals surface area contributed by atoms with Crippen LogP contribution in [0.25, 0.3) is 0 Å². The lowest BCUT2D eigenvalue weighted by Crippen LogP contribution is -2.55. The number of carboxylic acid groups (broad SMARTS) is 1. The number of hydrogen-bond donors (Lipinski definition) is 2. The van der Waals surface area contributed by atoms with Crippen molar-refractivity contribution >= 4 is 27.8 Å². The minimum absolute atomic E-state index is 0.265. The van der Waals surface area contributed by atoms with Crippen LogP contribution in [0.5, 0.6) is 0 Å². The van der Waals surface area contributed by atoms with E-state index in [-0.39, 0.29) is 18.1 Å². The fourth-order valence-electron chi connectivity index (χ4n) is 2.23. The van der Waals surface area contributed by atoms with E-state index in [1.165, 1.54) is 6.07 Å². The Labute approximate surface area is 123 Å². The number of piperazine rings is 1. The maximum atomic E-state index is 13.5. The highest BCUT2D eigenvalue weighted by atomic mass is 79.9. The van der Waals surface area contributed by atoms with Gasteiger partial charge in [-0.2, -0.15) is 0 Å². The Kier molecular flexibility index (Phi) is 4.72. The molecule has 1 aliphatic rings. The van der Waals surface area contributed by atoms with Crippen molar-refractivity contribution < 1.29 is 19.1 Å². The smallest absolute Gasteiger partial charge is 0.305 e. The van der Waals surface area contributed by atoms with Crippen LogP contribution in [0.3, 0.4) is 0 Å². The predicted octanol–water partition coefficient (Wildman–Crippen LogP) is 1.36. The molecule has 0 aliphatic carbocycles. The average Bonchev–Trinajstić information content (AvgIpc) is 2.38. The van der Waals surface area contributed by atoms with Gasteiger partial charge >= 0.3 is 5.97 Å². The fourth-order valence-corrected chi connectivity index (χ4v) is 2.62. The van der Waals surface area contributed by atoms with Crippen molar-refractivity contribution in [3.05, 3.63) is 34.1 Å². The first kappa shape index (κ1) is 14.9. The highest BCUT2D eigenvalue weighted by Crippen LogP contribution is 2.23. The molecule has 1 aromatic rings. The van der Waals surface area contributed by atoms with Gasteiger partial charge in [-0.25, -0.2) is 4.39 Å². The van der Waals surface area contributed by atoms with E-state index >= 15 is 0 Å². The van der Waals surface area contributed by atoms with Crippen molar-refractivity contribution in [2.75, 3.05) is 13.1 Å². The summed E-state index contributed by atoms with van der Waals surface area (Å²) in [7, 11) is 0. The SMILES string of the molecule is O=C(O)CC1C(=O)NCCN1Cc1cccc(F)c1Br. The van der Waals surface area contributed by atoms with Gasteiger partial charge in [0.05, 0.1) is 10.9 Å². The van der Waals surface area contributed by atoms with Gasteiger partial charge in [0.1, 0.15) is 11.9 Å². The quantitative estimate of drug-likeness (QED) is 0.865. The number of carbonyl (C=O) groups excluding carboxylic acids is 1. The number of nitrogens with one attached hydrogen (secondary N) is 1. The Bertz CT molecular complexity index is 538. The zero-order chi connectivity index (χ0) is 14.7. The van der Waals surface area contributed by atoms with Gasteiger partial charge in [0.2, 0.25) is 5.91 Å². The highest BCUT2D eigenvalue weighted by Gasteiger charge is 2.31. The van der Waals surface area contributed by atoms with E-state index in [2.05, 4.69) is 21.2 Å². The minimum atomic E-state index is -1.03. The van der Waals surface area contributed by atoms with Crippen LogP contribution in [0.2, 0.25) is 0 Å². The number of carboxylic acids is 1. The number of halogens is 2. The second-order valence-electron chi connectivity index (χ2n) is 4.59. The molecular weight excluding hydrogens is 331 g/mol. The number of benzene rings is 1. The molecule has 5 nitrogen and oxygen atoms in total. The summed E-state index contributed by atoms with van der Waals surface area (Å²) in [6.07, 6.45) is -0.265. The topological polar surface area (TPSA) is 69.6 Å². The average molecular weight is 345 g/mol. The van der Waals surface area contributed by atoms with E-state index in [1.807, 2.05) is 0 Å². The zero-order valence-electron chi connectivity index (χ0n) is 10.6. The Morgan fingerprint density at radius 1 is 1.55 bits per heavy atom. The first-order valence-corrected chi connectivity index (χ1v) is 6.95. The van der Waals surface area contributed by atoms with Crippen molar-refractivity contribution in [2.24, 2.45) is 0 Å². The van der Waals surface area contributed by atoms with E-state index in [9.17, 15) is 14.0 Å². The standard InChI is InChI=1S/C13H14BrFN2O3/c14-12-8(2-1-3-9(12)15)7-17-5-4-16-13(20)10(17)6-11(18)19/h1-3,10H,4-7H2,(H,16,20)(H,18,19). The molecule has 1 amide bonds. The molecule has 0 saturated carbocycles. The molecule has 2 N–H and O–H groups in total. The number of carbonyl (C=O) groups is 2. The van der Waals surface area contributed by atoms with E-state index in [1.54, 1.807) is 17.0 Å². The zero-order valence-corrected chi connectivity index (χ0v) is 12.2. The second-order valence-corrected chi connectivity index (χ2v) is 5.38. The van der Waals surface area contributed by atoms with Crippen LogP contribution >= 0.6 is 15.9 Å². The molecule has 0 radical (unpaired) electrons. The van der Waals surface area contributed by atoms with Crippen molar-refractivity contribution in [2.45, 2.75) is 19.0 Å². The summed E-state index contributed by atoms with van der Waals surface area (Å²) in [5.41, 5.74) is 0.690. The second kappa shape index (κ2) is 6.32. The summed E-state index contributed by atoms with van der Waals surface area (Å²) in [5, 5.41) is 11.5. The molecule has 20 heavy (non-hydrogen) atoms. The minimum Gasteiger partial charge on any atom is -0.481 e. The van der Waals surface area contributed by atoms with E-state index < -0.39 is 12.0 Å². The molecule has 108 valence electrons. The van der Waals surface area contributed by atoms with Gasteiger partial charge in [0.15, 0.2) is 0 Å². The molecule has 2 rings (SSSR count). The molecule has 1 aromatic carbocycles. The number of nitrogens with zero attached hydrogens (tertiary/aromatic N) is 1. The third kappa shape index (κ3) is 3.34. The summed E-state index contributed by atoms with van der Waals surface area (Å²) in [6.45, 7) is 1.32. The normalized spacial score (nSPS) is 19.7. The van der Waals surface area contributed by atoms with Gasteiger partial charge in [-0.1, -0.05) is 12.1 Å². The summed E-state index contributed by atoms with van der Waals surface area (Å²) in [6, 6.07) is 3.95. The van der Waals surface area contributed by atoms with Crippen molar-refractivity contribution in [1.29, 1.82) is 0 Å². The lowest BCUT2D eigenvalue weighted by molar-refractivity contribution is -0.143. The molecule has 1 aliphatic heterocycles. The van der Waals surface area contributed by atoms with Crippen LogP contribution in [0.1, 0.15) is 12.0 Å². The van der Waals surface area contributed by atoms with Gasteiger partial charge in [0.25, 0.3) is 0 Å². The van der Waals surface area contributed by atoms with Crippen molar-refractivity contribution in [1.82, 2.24) is 10.2 Å². The lowest BCUT2D eigenvalue weighted by atomic mass is 10.1. The van der Waals surface area contributed by atoms with Crippen LogP contribution < -0.4 is 5.32 Å². The molecular formula is C13H14BrFN2O3. The molecule has 0 spiro atoms. The van der Waals surface area contributed by atoms with Crippen LogP contribution in [0.4, 0.5) is 4.39 Å². The number of hydrogen-bond acceptors (Lipinski definition) is 3. The molecule has 0 aromatic heterocycles. The molecule has 1 atom stereocenters. The predicted molar refractivity (Wildman–Crippen MR) is 73.6 cm³/mol. The summed E-state index contributed by atoms with van der Waals surface area (Å²) in [5.74, 6) is -1.71. The van der Waals surface area contributed by atoms with Gasteiger partial charge in [-0.3, -0.25) is 14.5 Å². The largest absolute Gasteiger partial charge is 0.481 e. The van der Waals surface area contributed by atoms with Crippen LogP contribution in [-0.2, 0) is 16.1 Å². The highest BCUT2D eigenvalue weighted by molar-refractivity contribution is 9.10. The number of rotatable bonds is 4. The monoisotopic (exact) mass is 344 g/mol. The van der Waals surface area contributed by atoms with E-state index in [4.69, 9.17) is 5.11 Å². The summed E-state index contributed by atoms with van der Waals surface area (Å²) < 4.78 is 13.8. The molecule has 7 heteroatoms. The fraction of sp³-hybridized carbons (Fsp3) is 0.385. The first-order chi connectivity index (χ1) is 9.49. The van der Waals surface area contributed by atoms with E-state index in [0.717, 1.165) is 0 Å². The van der Waals surface area contributed by atoms with Crippen molar-refractivity contribution in [3.8, 4) is 0 Å². The number of amides is 1. The van der Waals surface area contributed by atoms with Gasteiger partial charge < -0.3 is 10.4 Å². The maximum absolute atomic E-state index is 13.5. The number of aliphatic carboxylic acids is 1. The van der Waals surface area contributed by atoms with Crippen molar-refractivity contribution in [3.63, 3.8) is 0 Å². The third-order valence-corrected chi connectivity index (χ3v) is 4.10. The van der Waals surface area contributed by atoms with E-state index in [0.29, 0.717) is 29.7 Å². The molecule has 1 heterocycles. The maximum Gasteiger partial charge on any atom is 0.305 e. The Balaban J connectivity index is 2.18. The Hall–Kier alpha value is -1.47. The summed E-state index contributed by atoms with van der Waals surface area (Å²) in [4.78, 5) is 24.4. The van der Waals surface area contributed by atoms with Crippen LogP contribution in [-0.4, -0.2) is 41.0 Å². The lowest BCUT2D eigenvalue weighted by Gasteiger charge is -2.34.